The molecule has 1 atom stereocenters. The smallest absolute Gasteiger partial charge is 0.245 e. The van der Waals surface area contributed by atoms with Crippen LogP contribution in [0, 0.1) is 6.92 Å². The molecule has 2 heterocycles. The SMILES string of the molecule is Cc1nccn1C(CCCCCCO)C(=O)N1CCSCC1. The second-order valence-corrected chi connectivity index (χ2v) is 6.99. The maximum Gasteiger partial charge on any atom is 0.245 e. The Labute approximate surface area is 137 Å². The zero-order valence-corrected chi connectivity index (χ0v) is 14.2. The molecule has 6 heteroatoms. The first-order valence-corrected chi connectivity index (χ1v) is 9.36. The van der Waals surface area contributed by atoms with Crippen molar-refractivity contribution in [2.75, 3.05) is 31.2 Å². The lowest BCUT2D eigenvalue weighted by Gasteiger charge is -2.31. The number of aliphatic hydroxyl groups excluding tert-OH is 1. The van der Waals surface area contributed by atoms with Gasteiger partial charge in [-0.05, 0) is 19.8 Å². The molecule has 0 aromatic carbocycles. The minimum Gasteiger partial charge on any atom is -0.396 e. The quantitative estimate of drug-likeness (QED) is 0.745. The van der Waals surface area contributed by atoms with Crippen molar-refractivity contribution in [3.8, 4) is 0 Å². The van der Waals surface area contributed by atoms with Gasteiger partial charge in [0.05, 0.1) is 0 Å². The molecule has 0 radical (unpaired) electrons. The Hall–Kier alpha value is -1.01. The standard InChI is InChI=1S/C16H27N3O2S/c1-14-17-7-8-19(14)15(6-4-2-3-5-11-20)16(21)18-9-12-22-13-10-18/h7-8,15,20H,2-6,9-13H2,1H3. The predicted molar refractivity (Wildman–Crippen MR) is 90.1 cm³/mol. The second-order valence-electron chi connectivity index (χ2n) is 5.76. The van der Waals surface area contributed by atoms with Crippen LogP contribution >= 0.6 is 11.8 Å². The van der Waals surface area contributed by atoms with Gasteiger partial charge >= 0.3 is 0 Å². The molecular weight excluding hydrogens is 298 g/mol. The van der Waals surface area contributed by atoms with E-state index in [-0.39, 0.29) is 18.6 Å². The number of hydrogen-bond acceptors (Lipinski definition) is 4. The van der Waals surface area contributed by atoms with Gasteiger partial charge in [0.2, 0.25) is 5.91 Å². The average Bonchev–Trinajstić information content (AvgIpc) is 2.97. The highest BCUT2D eigenvalue weighted by Crippen LogP contribution is 2.22. The van der Waals surface area contributed by atoms with E-state index in [4.69, 9.17) is 5.11 Å². The zero-order chi connectivity index (χ0) is 15.8. The van der Waals surface area contributed by atoms with Crippen molar-refractivity contribution in [3.63, 3.8) is 0 Å². The summed E-state index contributed by atoms with van der Waals surface area (Å²) in [5.41, 5.74) is 0. The summed E-state index contributed by atoms with van der Waals surface area (Å²) in [6.07, 6.45) is 8.50. The number of unbranched alkanes of at least 4 members (excludes halogenated alkanes) is 3. The molecule has 1 aliphatic heterocycles. The van der Waals surface area contributed by atoms with Gasteiger partial charge in [0.1, 0.15) is 11.9 Å². The molecule has 0 bridgehead atoms. The van der Waals surface area contributed by atoms with E-state index < -0.39 is 0 Å². The van der Waals surface area contributed by atoms with Crippen LogP contribution in [-0.2, 0) is 4.79 Å². The highest BCUT2D eigenvalue weighted by Gasteiger charge is 2.27. The van der Waals surface area contributed by atoms with Gasteiger partial charge in [-0.3, -0.25) is 4.79 Å². The first-order chi connectivity index (χ1) is 10.7. The minimum absolute atomic E-state index is 0.125. The molecule has 0 saturated carbocycles. The van der Waals surface area contributed by atoms with E-state index in [1.54, 1.807) is 6.20 Å². The molecule has 1 aromatic heterocycles. The van der Waals surface area contributed by atoms with Crippen LogP contribution in [0.4, 0.5) is 0 Å². The van der Waals surface area contributed by atoms with Crippen LogP contribution < -0.4 is 0 Å². The molecule has 1 unspecified atom stereocenters. The van der Waals surface area contributed by atoms with Gasteiger partial charge in [-0.2, -0.15) is 11.8 Å². The number of hydrogen-bond donors (Lipinski definition) is 1. The Morgan fingerprint density at radius 2 is 2.05 bits per heavy atom. The van der Waals surface area contributed by atoms with Crippen molar-refractivity contribution in [2.24, 2.45) is 0 Å². The maximum atomic E-state index is 12.9. The van der Waals surface area contributed by atoms with Crippen LogP contribution in [0.1, 0.15) is 44.0 Å². The van der Waals surface area contributed by atoms with Crippen molar-refractivity contribution in [1.29, 1.82) is 0 Å². The van der Waals surface area contributed by atoms with Crippen LogP contribution in [-0.4, -0.2) is 56.7 Å². The van der Waals surface area contributed by atoms with Crippen molar-refractivity contribution in [3.05, 3.63) is 18.2 Å². The number of imidazole rings is 1. The van der Waals surface area contributed by atoms with Gasteiger partial charge in [0.25, 0.3) is 0 Å². The third-order valence-electron chi connectivity index (χ3n) is 4.19. The van der Waals surface area contributed by atoms with E-state index in [0.717, 1.165) is 62.5 Å². The van der Waals surface area contributed by atoms with Crippen molar-refractivity contribution < 1.29 is 9.90 Å². The lowest BCUT2D eigenvalue weighted by molar-refractivity contribution is -0.134. The lowest BCUT2D eigenvalue weighted by atomic mass is 10.1. The molecule has 5 nitrogen and oxygen atoms in total. The van der Waals surface area contributed by atoms with Crippen LogP contribution in [0.15, 0.2) is 12.4 Å². The Kier molecular flexibility index (Phi) is 7.25. The predicted octanol–water partition coefficient (Wildman–Crippen LogP) is 2.25. The number of amides is 1. The van der Waals surface area contributed by atoms with E-state index >= 15 is 0 Å². The summed E-state index contributed by atoms with van der Waals surface area (Å²) in [5, 5.41) is 8.84. The fraction of sp³-hybridized carbons (Fsp3) is 0.750. The maximum absolute atomic E-state index is 12.9. The molecule has 1 N–H and O–H groups in total. The summed E-state index contributed by atoms with van der Waals surface area (Å²) in [4.78, 5) is 19.2. The van der Waals surface area contributed by atoms with Gasteiger partial charge in [0, 0.05) is 43.6 Å². The summed E-state index contributed by atoms with van der Waals surface area (Å²) in [6.45, 7) is 3.93. The Balaban J connectivity index is 1.98. The highest BCUT2D eigenvalue weighted by molar-refractivity contribution is 7.99. The number of thioether (sulfide) groups is 1. The molecule has 1 fully saturated rings. The van der Waals surface area contributed by atoms with Gasteiger partial charge in [-0.1, -0.05) is 19.3 Å². The van der Waals surface area contributed by atoms with Crippen LogP contribution in [0.5, 0.6) is 0 Å². The summed E-state index contributed by atoms with van der Waals surface area (Å²) in [6, 6.07) is -0.125. The number of aryl methyl sites for hydroxylation is 1. The number of carbonyl (C=O) groups excluding carboxylic acids is 1. The summed E-state index contributed by atoms with van der Waals surface area (Å²) < 4.78 is 2.02. The third kappa shape index (κ3) is 4.74. The Morgan fingerprint density at radius 1 is 1.32 bits per heavy atom. The normalized spacial score (nSPS) is 16.7. The molecule has 22 heavy (non-hydrogen) atoms. The number of nitrogens with zero attached hydrogens (tertiary/aromatic N) is 3. The average molecular weight is 325 g/mol. The number of aromatic nitrogens is 2. The largest absolute Gasteiger partial charge is 0.396 e. The number of carbonyl (C=O) groups is 1. The summed E-state index contributed by atoms with van der Waals surface area (Å²) in [7, 11) is 0. The van der Waals surface area contributed by atoms with Gasteiger partial charge in [-0.15, -0.1) is 0 Å². The van der Waals surface area contributed by atoms with Crippen LogP contribution in [0.3, 0.4) is 0 Å². The molecule has 1 saturated heterocycles. The van der Waals surface area contributed by atoms with E-state index in [1.165, 1.54) is 0 Å². The number of aliphatic hydroxyl groups is 1. The van der Waals surface area contributed by atoms with Crippen LogP contribution in [0.25, 0.3) is 0 Å². The van der Waals surface area contributed by atoms with Crippen molar-refractivity contribution >= 4 is 17.7 Å². The van der Waals surface area contributed by atoms with Crippen molar-refractivity contribution in [1.82, 2.24) is 14.5 Å². The Morgan fingerprint density at radius 3 is 2.68 bits per heavy atom. The molecule has 1 aliphatic rings. The molecule has 0 spiro atoms. The highest BCUT2D eigenvalue weighted by atomic mass is 32.2. The molecule has 124 valence electrons. The van der Waals surface area contributed by atoms with E-state index in [1.807, 2.05) is 34.3 Å². The topological polar surface area (TPSA) is 58.4 Å². The summed E-state index contributed by atoms with van der Waals surface area (Å²) in [5.74, 6) is 3.22. The third-order valence-corrected chi connectivity index (χ3v) is 5.13. The zero-order valence-electron chi connectivity index (χ0n) is 13.4. The molecule has 1 amide bonds. The molecule has 0 aliphatic carbocycles. The fourth-order valence-corrected chi connectivity index (χ4v) is 3.80. The molecular formula is C16H27N3O2S. The van der Waals surface area contributed by atoms with Gasteiger partial charge in [-0.25, -0.2) is 4.98 Å². The number of rotatable bonds is 8. The monoisotopic (exact) mass is 325 g/mol. The van der Waals surface area contributed by atoms with Gasteiger partial charge in [0.15, 0.2) is 0 Å². The minimum atomic E-state index is -0.125. The molecule has 1 aromatic rings. The molecule has 2 rings (SSSR count). The van der Waals surface area contributed by atoms with E-state index in [9.17, 15) is 4.79 Å². The first kappa shape index (κ1) is 17.3. The first-order valence-electron chi connectivity index (χ1n) is 8.21. The van der Waals surface area contributed by atoms with E-state index in [0.29, 0.717) is 0 Å². The Bertz CT molecular complexity index is 458. The van der Waals surface area contributed by atoms with E-state index in [2.05, 4.69) is 4.98 Å². The van der Waals surface area contributed by atoms with Crippen molar-refractivity contribution in [2.45, 2.75) is 45.1 Å². The summed E-state index contributed by atoms with van der Waals surface area (Å²) >= 11 is 1.92. The lowest BCUT2D eigenvalue weighted by Crippen LogP contribution is -2.42. The van der Waals surface area contributed by atoms with Crippen LogP contribution in [0.2, 0.25) is 0 Å². The second kappa shape index (κ2) is 9.20. The van der Waals surface area contributed by atoms with Gasteiger partial charge < -0.3 is 14.6 Å². The fourth-order valence-electron chi connectivity index (χ4n) is 2.90.